The maximum atomic E-state index is 5.88. The van der Waals surface area contributed by atoms with Gasteiger partial charge in [-0.15, -0.1) is 10.2 Å². The number of tetrazole rings is 1. The fraction of sp³-hybridized carbons (Fsp3) is 0.0588. The van der Waals surface area contributed by atoms with Crippen LogP contribution in [0.2, 0.25) is 5.02 Å². The number of rotatable bonds is 4. The Morgan fingerprint density at radius 3 is 2.54 bits per heavy atom. The van der Waals surface area contributed by atoms with Gasteiger partial charge in [-0.25, -0.2) is 4.98 Å². The molecule has 6 nitrogen and oxygen atoms in total. The number of nitrogens with zero attached hydrogens (tertiary/aromatic N) is 5. The van der Waals surface area contributed by atoms with E-state index in [1.165, 1.54) is 4.80 Å². The monoisotopic (exact) mass is 337 g/mol. The van der Waals surface area contributed by atoms with Crippen molar-refractivity contribution in [3.8, 4) is 22.7 Å². The molecule has 0 aliphatic carbocycles. The van der Waals surface area contributed by atoms with E-state index in [-0.39, 0.29) is 0 Å². The molecule has 0 aliphatic heterocycles. The first-order valence-corrected chi connectivity index (χ1v) is 7.69. The fourth-order valence-corrected chi connectivity index (χ4v) is 2.39. The number of hydrogen-bond acceptors (Lipinski definition) is 5. The lowest BCUT2D eigenvalue weighted by atomic mass is 10.2. The molecule has 0 atom stereocenters. The molecule has 2 aromatic heterocycles. The summed E-state index contributed by atoms with van der Waals surface area (Å²) in [4.78, 5) is 5.72. The summed E-state index contributed by atoms with van der Waals surface area (Å²) in [6.45, 7) is 0.313. The first-order valence-electron chi connectivity index (χ1n) is 7.32. The maximum absolute atomic E-state index is 5.88. The van der Waals surface area contributed by atoms with Crippen LogP contribution in [0.25, 0.3) is 22.7 Å². The van der Waals surface area contributed by atoms with E-state index in [1.807, 2.05) is 42.5 Å². The molecule has 0 aliphatic rings. The first-order chi connectivity index (χ1) is 11.8. The van der Waals surface area contributed by atoms with Crippen LogP contribution in [0.3, 0.4) is 0 Å². The predicted octanol–water partition coefficient (Wildman–Crippen LogP) is 3.70. The highest BCUT2D eigenvalue weighted by molar-refractivity contribution is 6.30. The summed E-state index contributed by atoms with van der Waals surface area (Å²) >= 11 is 5.88. The molecule has 0 fully saturated rings. The van der Waals surface area contributed by atoms with Crippen LogP contribution in [-0.4, -0.2) is 25.2 Å². The minimum atomic E-state index is 0.313. The van der Waals surface area contributed by atoms with Gasteiger partial charge in [-0.1, -0.05) is 41.9 Å². The molecule has 0 spiro atoms. The number of halogens is 1. The van der Waals surface area contributed by atoms with Crippen molar-refractivity contribution in [2.75, 3.05) is 0 Å². The van der Waals surface area contributed by atoms with Gasteiger partial charge in [0, 0.05) is 16.1 Å². The summed E-state index contributed by atoms with van der Waals surface area (Å²) in [7, 11) is 0. The molecular formula is C17H12ClN5O. The van der Waals surface area contributed by atoms with Crippen molar-refractivity contribution >= 4 is 11.6 Å². The number of oxazole rings is 1. The van der Waals surface area contributed by atoms with Crippen LogP contribution in [0.5, 0.6) is 0 Å². The zero-order valence-corrected chi connectivity index (χ0v) is 13.3. The van der Waals surface area contributed by atoms with Crippen LogP contribution in [-0.2, 0) is 6.54 Å². The van der Waals surface area contributed by atoms with Gasteiger partial charge in [-0.05, 0) is 29.5 Å². The van der Waals surface area contributed by atoms with E-state index < -0.39 is 0 Å². The average Bonchev–Trinajstić information content (AvgIpc) is 3.27. The first kappa shape index (κ1) is 14.6. The van der Waals surface area contributed by atoms with Crippen LogP contribution >= 0.6 is 11.6 Å². The molecular weight excluding hydrogens is 326 g/mol. The normalized spacial score (nSPS) is 10.9. The average molecular weight is 338 g/mol. The molecule has 4 rings (SSSR count). The van der Waals surface area contributed by atoms with E-state index in [0.717, 1.165) is 11.1 Å². The summed E-state index contributed by atoms with van der Waals surface area (Å²) in [5, 5.41) is 13.1. The zero-order chi connectivity index (χ0) is 16.4. The quantitative estimate of drug-likeness (QED) is 0.568. The summed E-state index contributed by atoms with van der Waals surface area (Å²) in [6, 6.07) is 17.1. The number of aromatic nitrogens is 5. The van der Waals surface area contributed by atoms with Gasteiger partial charge in [-0.3, -0.25) is 0 Å². The zero-order valence-electron chi connectivity index (χ0n) is 12.5. The molecule has 0 saturated carbocycles. The highest BCUT2D eigenvalue weighted by atomic mass is 35.5. The Balaban J connectivity index is 1.52. The largest absolute Gasteiger partial charge is 0.439 e. The third kappa shape index (κ3) is 3.04. The van der Waals surface area contributed by atoms with Gasteiger partial charge in [0.15, 0.2) is 5.76 Å². The van der Waals surface area contributed by atoms with E-state index >= 15 is 0 Å². The van der Waals surface area contributed by atoms with Gasteiger partial charge in [-0.2, -0.15) is 4.80 Å². The second-order valence-corrected chi connectivity index (χ2v) is 5.57. The molecule has 0 bridgehead atoms. The Kier molecular flexibility index (Phi) is 3.80. The smallest absolute Gasteiger partial charge is 0.218 e. The van der Waals surface area contributed by atoms with Crippen LogP contribution in [0.15, 0.2) is 65.2 Å². The SMILES string of the molecule is Clc1ccc(-c2nnn(Cc3ncc(-c4ccccc4)o3)n2)cc1. The molecule has 24 heavy (non-hydrogen) atoms. The highest BCUT2D eigenvalue weighted by Crippen LogP contribution is 2.20. The molecule has 0 amide bonds. The van der Waals surface area contributed by atoms with E-state index in [9.17, 15) is 0 Å². The summed E-state index contributed by atoms with van der Waals surface area (Å²) in [5.41, 5.74) is 1.83. The van der Waals surface area contributed by atoms with Crippen molar-refractivity contribution in [1.29, 1.82) is 0 Å². The van der Waals surface area contributed by atoms with Crippen LogP contribution < -0.4 is 0 Å². The van der Waals surface area contributed by atoms with Crippen molar-refractivity contribution in [1.82, 2.24) is 25.2 Å². The molecule has 2 aromatic carbocycles. The molecule has 0 saturated heterocycles. The van der Waals surface area contributed by atoms with Crippen molar-refractivity contribution in [2.24, 2.45) is 0 Å². The van der Waals surface area contributed by atoms with Gasteiger partial charge in [0.1, 0.15) is 6.54 Å². The third-order valence-corrected chi connectivity index (χ3v) is 3.70. The summed E-state index contributed by atoms with van der Waals surface area (Å²) in [5.74, 6) is 1.76. The lowest BCUT2D eigenvalue weighted by Crippen LogP contribution is -2.04. The van der Waals surface area contributed by atoms with Crippen molar-refractivity contribution in [3.63, 3.8) is 0 Å². The minimum Gasteiger partial charge on any atom is -0.439 e. The molecule has 0 radical (unpaired) electrons. The summed E-state index contributed by atoms with van der Waals surface area (Å²) in [6.07, 6.45) is 1.70. The molecule has 0 unspecified atom stereocenters. The van der Waals surface area contributed by atoms with Crippen LogP contribution in [0.4, 0.5) is 0 Å². The summed E-state index contributed by atoms with van der Waals surface area (Å²) < 4.78 is 5.75. The number of hydrogen-bond donors (Lipinski definition) is 0. The minimum absolute atomic E-state index is 0.313. The van der Waals surface area contributed by atoms with Crippen LogP contribution in [0.1, 0.15) is 5.89 Å². The number of benzene rings is 2. The van der Waals surface area contributed by atoms with Crippen LogP contribution in [0, 0.1) is 0 Å². The van der Waals surface area contributed by atoms with Gasteiger partial charge in [0.2, 0.25) is 11.7 Å². The van der Waals surface area contributed by atoms with E-state index in [1.54, 1.807) is 18.3 Å². The Bertz CT molecular complexity index is 947. The van der Waals surface area contributed by atoms with E-state index in [2.05, 4.69) is 20.4 Å². The van der Waals surface area contributed by atoms with Gasteiger partial charge < -0.3 is 4.42 Å². The standard InChI is InChI=1S/C17H12ClN5O/c18-14-8-6-13(7-9-14)17-20-22-23(21-17)11-16-19-10-15(24-16)12-4-2-1-3-5-12/h1-10H,11H2. The molecule has 4 aromatic rings. The van der Waals surface area contributed by atoms with Gasteiger partial charge in [0.25, 0.3) is 0 Å². The van der Waals surface area contributed by atoms with Crippen molar-refractivity contribution in [2.45, 2.75) is 6.54 Å². The topological polar surface area (TPSA) is 69.6 Å². The Morgan fingerprint density at radius 1 is 0.958 bits per heavy atom. The van der Waals surface area contributed by atoms with Crippen molar-refractivity contribution < 1.29 is 4.42 Å². The highest BCUT2D eigenvalue weighted by Gasteiger charge is 2.10. The third-order valence-electron chi connectivity index (χ3n) is 3.44. The lowest BCUT2D eigenvalue weighted by Gasteiger charge is -1.96. The molecule has 0 N–H and O–H groups in total. The maximum Gasteiger partial charge on any atom is 0.218 e. The fourth-order valence-electron chi connectivity index (χ4n) is 2.26. The van der Waals surface area contributed by atoms with E-state index in [0.29, 0.717) is 29.0 Å². The lowest BCUT2D eigenvalue weighted by molar-refractivity contribution is 0.447. The van der Waals surface area contributed by atoms with E-state index in [4.69, 9.17) is 16.0 Å². The predicted molar refractivity (Wildman–Crippen MR) is 89.3 cm³/mol. The Hall–Kier alpha value is -2.99. The molecule has 7 heteroatoms. The Labute approximate surface area is 142 Å². The Morgan fingerprint density at radius 2 is 1.75 bits per heavy atom. The van der Waals surface area contributed by atoms with Gasteiger partial charge >= 0.3 is 0 Å². The van der Waals surface area contributed by atoms with Gasteiger partial charge in [0.05, 0.1) is 6.20 Å². The molecule has 2 heterocycles. The van der Waals surface area contributed by atoms with Crippen molar-refractivity contribution in [3.05, 3.63) is 71.7 Å². The second-order valence-electron chi connectivity index (χ2n) is 5.13. The molecule has 118 valence electrons. The second kappa shape index (κ2) is 6.25.